The van der Waals surface area contributed by atoms with Crippen molar-refractivity contribution in [2.75, 3.05) is 20.7 Å². The lowest BCUT2D eigenvalue weighted by atomic mass is 10.0. The van der Waals surface area contributed by atoms with E-state index in [1.165, 1.54) is 19.1 Å². The normalized spacial score (nSPS) is 18.0. The van der Waals surface area contributed by atoms with Crippen LogP contribution in [0.1, 0.15) is 63.8 Å². The number of para-hydroxylation sites is 1. The maximum atomic E-state index is 13.9. The van der Waals surface area contributed by atoms with E-state index in [0.29, 0.717) is 42.9 Å². The van der Waals surface area contributed by atoms with Crippen molar-refractivity contribution in [1.82, 2.24) is 20.2 Å². The molecule has 10 heteroatoms. The fraction of sp³-hybridized carbons (Fsp3) is 0.500. The summed E-state index contributed by atoms with van der Waals surface area (Å²) in [6.45, 7) is 1.39. The molecule has 0 aliphatic carbocycles. The number of amides is 1. The number of rotatable bonds is 12. The summed E-state index contributed by atoms with van der Waals surface area (Å²) in [5.41, 5.74) is 1.39. The molecule has 38 heavy (non-hydrogen) atoms. The number of pyridine rings is 1. The third-order valence-corrected chi connectivity index (χ3v) is 6.94. The molecule has 0 saturated carbocycles. The van der Waals surface area contributed by atoms with Crippen LogP contribution in [0.5, 0.6) is 5.88 Å². The standard InChI is InChI=1S/C28H34F2N4O4/c1-4-19(35)11-6-5-7-13-22(32-25(36)23-15-28(29,30)17-34(23)2)27-31-16-24(38-27)20-14-18-10-8-9-12-21(18)33-26(20)37-3/h8-10,12,14,16,22-23H,4-7,11,13,15,17H2,1-3H3,(H,32,36). The van der Waals surface area contributed by atoms with Crippen LogP contribution in [0.2, 0.25) is 0 Å². The molecule has 204 valence electrons. The Morgan fingerprint density at radius 1 is 1.26 bits per heavy atom. The van der Waals surface area contributed by atoms with Gasteiger partial charge >= 0.3 is 0 Å². The predicted molar refractivity (Wildman–Crippen MR) is 139 cm³/mol. The number of benzene rings is 1. The predicted octanol–water partition coefficient (Wildman–Crippen LogP) is 5.32. The first-order chi connectivity index (χ1) is 18.2. The van der Waals surface area contributed by atoms with Crippen LogP contribution >= 0.6 is 0 Å². The number of halogens is 2. The number of nitrogens with zero attached hydrogens (tertiary/aromatic N) is 3. The van der Waals surface area contributed by atoms with Crippen LogP contribution in [-0.4, -0.2) is 59.2 Å². The number of likely N-dealkylation sites (tertiary alicyclic amines) is 1. The third-order valence-electron chi connectivity index (χ3n) is 6.94. The highest BCUT2D eigenvalue weighted by Crippen LogP contribution is 2.35. The molecule has 0 radical (unpaired) electrons. The Kier molecular flexibility index (Phi) is 8.71. The highest BCUT2D eigenvalue weighted by molar-refractivity contribution is 5.85. The number of Topliss-reactive ketones (excluding diaryl/α,β-unsaturated/α-hetero) is 1. The van der Waals surface area contributed by atoms with Crippen LogP contribution in [0.4, 0.5) is 8.78 Å². The Labute approximate surface area is 220 Å². The molecule has 4 rings (SSSR count). The fourth-order valence-electron chi connectivity index (χ4n) is 4.82. The summed E-state index contributed by atoms with van der Waals surface area (Å²) in [4.78, 5) is 35.0. The summed E-state index contributed by atoms with van der Waals surface area (Å²) in [6.07, 6.45) is 4.80. The summed E-state index contributed by atoms with van der Waals surface area (Å²) < 4.78 is 39.4. The number of ether oxygens (including phenoxy) is 1. The number of nitrogens with one attached hydrogen (secondary N) is 1. The van der Waals surface area contributed by atoms with E-state index < -0.39 is 36.9 Å². The highest BCUT2D eigenvalue weighted by atomic mass is 19.3. The average molecular weight is 529 g/mol. The molecule has 1 aromatic carbocycles. The van der Waals surface area contributed by atoms with Gasteiger partial charge in [0, 0.05) is 24.6 Å². The van der Waals surface area contributed by atoms with Crippen molar-refractivity contribution in [3.8, 4) is 17.2 Å². The summed E-state index contributed by atoms with van der Waals surface area (Å²) in [5.74, 6) is -2.10. The van der Waals surface area contributed by atoms with Gasteiger partial charge in [-0.2, -0.15) is 0 Å². The molecular weight excluding hydrogens is 494 g/mol. The van der Waals surface area contributed by atoms with Crippen LogP contribution in [0.25, 0.3) is 22.2 Å². The van der Waals surface area contributed by atoms with E-state index in [-0.39, 0.29) is 11.7 Å². The number of oxazole rings is 1. The summed E-state index contributed by atoms with van der Waals surface area (Å²) in [6, 6.07) is 7.98. The SMILES string of the molecule is CCC(=O)CCCCCC(NC(=O)C1CC(F)(F)CN1C)c1ncc(-c2cc3ccccc3nc2OC)o1. The molecule has 1 aliphatic rings. The van der Waals surface area contributed by atoms with E-state index in [2.05, 4.69) is 15.3 Å². The Bertz CT molecular complexity index is 1280. The zero-order chi connectivity index (χ0) is 27.3. The van der Waals surface area contributed by atoms with Gasteiger partial charge in [0.15, 0.2) is 5.76 Å². The number of aromatic nitrogens is 2. The minimum absolute atomic E-state index is 0.218. The molecule has 2 unspecified atom stereocenters. The van der Waals surface area contributed by atoms with Gasteiger partial charge in [-0.1, -0.05) is 38.0 Å². The van der Waals surface area contributed by atoms with Gasteiger partial charge in [-0.05, 0) is 32.0 Å². The summed E-state index contributed by atoms with van der Waals surface area (Å²) in [7, 11) is 3.05. The highest BCUT2D eigenvalue weighted by Gasteiger charge is 2.46. The van der Waals surface area contributed by atoms with Gasteiger partial charge in [-0.25, -0.2) is 18.7 Å². The van der Waals surface area contributed by atoms with Gasteiger partial charge < -0.3 is 14.5 Å². The number of carbonyl (C=O) groups is 2. The Hall–Kier alpha value is -3.40. The van der Waals surface area contributed by atoms with Crippen LogP contribution in [0.3, 0.4) is 0 Å². The van der Waals surface area contributed by atoms with E-state index in [4.69, 9.17) is 9.15 Å². The van der Waals surface area contributed by atoms with E-state index in [0.717, 1.165) is 23.7 Å². The van der Waals surface area contributed by atoms with Gasteiger partial charge in [-0.15, -0.1) is 0 Å². The largest absolute Gasteiger partial charge is 0.480 e. The lowest BCUT2D eigenvalue weighted by Gasteiger charge is -2.22. The first kappa shape index (κ1) is 27.6. The Morgan fingerprint density at radius 3 is 2.76 bits per heavy atom. The van der Waals surface area contributed by atoms with Crippen molar-refractivity contribution in [3.05, 3.63) is 42.4 Å². The van der Waals surface area contributed by atoms with E-state index in [9.17, 15) is 18.4 Å². The van der Waals surface area contributed by atoms with Crippen LogP contribution in [0, 0.1) is 0 Å². The van der Waals surface area contributed by atoms with Crippen molar-refractivity contribution in [2.45, 2.75) is 69.9 Å². The third kappa shape index (κ3) is 6.53. The van der Waals surface area contributed by atoms with Crippen molar-refractivity contribution < 1.29 is 27.5 Å². The summed E-state index contributed by atoms with van der Waals surface area (Å²) >= 11 is 0. The quantitative estimate of drug-likeness (QED) is 0.318. The Morgan fingerprint density at radius 2 is 2.05 bits per heavy atom. The molecule has 3 heterocycles. The molecule has 0 bridgehead atoms. The van der Waals surface area contributed by atoms with Crippen molar-refractivity contribution in [2.24, 2.45) is 0 Å². The summed E-state index contributed by atoms with van der Waals surface area (Å²) in [5, 5.41) is 3.79. The molecule has 3 aromatic rings. The molecule has 1 N–H and O–H groups in total. The van der Waals surface area contributed by atoms with Gasteiger partial charge in [0.1, 0.15) is 11.8 Å². The van der Waals surface area contributed by atoms with Crippen molar-refractivity contribution in [3.63, 3.8) is 0 Å². The number of alkyl halides is 2. The first-order valence-corrected chi connectivity index (χ1v) is 13.0. The number of fused-ring (bicyclic) bond motifs is 1. The zero-order valence-electron chi connectivity index (χ0n) is 22.0. The van der Waals surface area contributed by atoms with E-state index in [1.54, 1.807) is 6.20 Å². The molecular formula is C28H34F2N4O4. The average Bonchev–Trinajstić information content (AvgIpc) is 3.50. The minimum atomic E-state index is -2.91. The molecule has 2 aromatic heterocycles. The van der Waals surface area contributed by atoms with Gasteiger partial charge in [0.25, 0.3) is 5.92 Å². The smallest absolute Gasteiger partial charge is 0.262 e. The lowest BCUT2D eigenvalue weighted by Crippen LogP contribution is -2.43. The molecule has 0 spiro atoms. The molecule has 2 atom stereocenters. The number of methoxy groups -OCH3 is 1. The second kappa shape index (κ2) is 12.0. The molecule has 1 aliphatic heterocycles. The zero-order valence-corrected chi connectivity index (χ0v) is 22.0. The van der Waals surface area contributed by atoms with Gasteiger partial charge in [0.2, 0.25) is 17.7 Å². The lowest BCUT2D eigenvalue weighted by molar-refractivity contribution is -0.126. The van der Waals surface area contributed by atoms with Gasteiger partial charge in [0.05, 0.1) is 37.0 Å². The number of hydrogen-bond donors (Lipinski definition) is 1. The molecule has 1 amide bonds. The van der Waals surface area contributed by atoms with Gasteiger partial charge in [-0.3, -0.25) is 14.5 Å². The second-order valence-corrected chi connectivity index (χ2v) is 9.84. The van der Waals surface area contributed by atoms with E-state index in [1.807, 2.05) is 37.3 Å². The maximum Gasteiger partial charge on any atom is 0.262 e. The number of ketones is 1. The van der Waals surface area contributed by atoms with Crippen LogP contribution in [-0.2, 0) is 9.59 Å². The van der Waals surface area contributed by atoms with Crippen molar-refractivity contribution in [1.29, 1.82) is 0 Å². The number of unbranched alkanes of at least 4 members (excludes halogenated alkanes) is 2. The number of carbonyl (C=O) groups excluding carboxylic acids is 2. The first-order valence-electron chi connectivity index (χ1n) is 13.0. The second-order valence-electron chi connectivity index (χ2n) is 9.84. The van der Waals surface area contributed by atoms with Crippen LogP contribution < -0.4 is 10.1 Å². The molecule has 1 fully saturated rings. The molecule has 8 nitrogen and oxygen atoms in total. The minimum Gasteiger partial charge on any atom is -0.480 e. The topological polar surface area (TPSA) is 97.6 Å². The molecule has 1 saturated heterocycles. The number of likely N-dealkylation sites (N-methyl/N-ethyl adjacent to an activating group) is 1. The Balaban J connectivity index is 1.54. The monoisotopic (exact) mass is 528 g/mol. The van der Waals surface area contributed by atoms with E-state index >= 15 is 0 Å². The maximum absolute atomic E-state index is 13.9. The fourth-order valence-corrected chi connectivity index (χ4v) is 4.82. The van der Waals surface area contributed by atoms with Crippen LogP contribution in [0.15, 0.2) is 40.9 Å². The van der Waals surface area contributed by atoms with Crippen molar-refractivity contribution >= 4 is 22.6 Å². The number of hydrogen-bond acceptors (Lipinski definition) is 7.